The van der Waals surface area contributed by atoms with Crippen molar-refractivity contribution in [2.24, 2.45) is 5.41 Å². The van der Waals surface area contributed by atoms with Crippen molar-refractivity contribution >= 4 is 5.97 Å². The van der Waals surface area contributed by atoms with Crippen LogP contribution in [-0.2, 0) is 9.53 Å². The Hall–Kier alpha value is -0.570. The first kappa shape index (κ1) is 8.05. The van der Waals surface area contributed by atoms with Gasteiger partial charge in [0, 0.05) is 6.61 Å². The van der Waals surface area contributed by atoms with Gasteiger partial charge in [-0.2, -0.15) is 0 Å². The maximum atomic E-state index is 10.8. The van der Waals surface area contributed by atoms with E-state index in [9.17, 15) is 4.79 Å². The standard InChI is InChI=1S/C9H14O3/c10-8(11)9(3-4-9)6-7-2-1-5-12-7/h7H,1-6H2,(H,10,11). The molecule has 3 nitrogen and oxygen atoms in total. The van der Waals surface area contributed by atoms with E-state index in [0.29, 0.717) is 0 Å². The Balaban J connectivity index is 1.89. The molecule has 1 unspecified atom stereocenters. The van der Waals surface area contributed by atoms with Crippen molar-refractivity contribution in [3.63, 3.8) is 0 Å². The zero-order chi connectivity index (χ0) is 8.60. The molecule has 0 amide bonds. The monoisotopic (exact) mass is 170 g/mol. The SMILES string of the molecule is O=C(O)C1(CC2CCCO2)CC1. The summed E-state index contributed by atoms with van der Waals surface area (Å²) in [6.07, 6.45) is 4.81. The predicted molar refractivity (Wildman–Crippen MR) is 42.9 cm³/mol. The first-order valence-corrected chi connectivity index (χ1v) is 4.58. The lowest BCUT2D eigenvalue weighted by atomic mass is 9.97. The predicted octanol–water partition coefficient (Wildman–Crippen LogP) is 1.42. The summed E-state index contributed by atoms with van der Waals surface area (Å²) in [4.78, 5) is 10.8. The fourth-order valence-electron chi connectivity index (χ4n) is 1.90. The van der Waals surface area contributed by atoms with E-state index < -0.39 is 11.4 Å². The highest BCUT2D eigenvalue weighted by atomic mass is 16.5. The Bertz CT molecular complexity index is 190. The minimum absolute atomic E-state index is 0.226. The Morgan fingerprint density at radius 3 is 2.75 bits per heavy atom. The highest BCUT2D eigenvalue weighted by Crippen LogP contribution is 2.51. The third-order valence-corrected chi connectivity index (χ3v) is 2.95. The van der Waals surface area contributed by atoms with Crippen LogP contribution < -0.4 is 0 Å². The van der Waals surface area contributed by atoms with Gasteiger partial charge in [0.2, 0.25) is 0 Å². The number of carboxylic acid groups (broad SMARTS) is 1. The van der Waals surface area contributed by atoms with Gasteiger partial charge in [-0.3, -0.25) is 4.79 Å². The fraction of sp³-hybridized carbons (Fsp3) is 0.889. The van der Waals surface area contributed by atoms with Gasteiger partial charge in [-0.25, -0.2) is 0 Å². The van der Waals surface area contributed by atoms with Crippen molar-refractivity contribution in [3.05, 3.63) is 0 Å². The molecule has 1 aliphatic heterocycles. The van der Waals surface area contributed by atoms with Crippen LogP contribution in [0.1, 0.15) is 32.1 Å². The van der Waals surface area contributed by atoms with Gasteiger partial charge in [0.1, 0.15) is 0 Å². The van der Waals surface area contributed by atoms with Crippen molar-refractivity contribution in [1.29, 1.82) is 0 Å². The van der Waals surface area contributed by atoms with E-state index in [1.54, 1.807) is 0 Å². The van der Waals surface area contributed by atoms with Crippen LogP contribution in [0.4, 0.5) is 0 Å². The highest BCUT2D eigenvalue weighted by Gasteiger charge is 2.51. The van der Waals surface area contributed by atoms with Crippen LogP contribution in [0.2, 0.25) is 0 Å². The molecule has 2 fully saturated rings. The Kier molecular flexibility index (Phi) is 1.83. The number of hydrogen-bond donors (Lipinski definition) is 1. The Morgan fingerprint density at radius 1 is 1.58 bits per heavy atom. The molecule has 1 saturated carbocycles. The van der Waals surface area contributed by atoms with Crippen molar-refractivity contribution in [2.45, 2.75) is 38.2 Å². The third-order valence-electron chi connectivity index (χ3n) is 2.95. The number of carboxylic acids is 1. The molecule has 0 radical (unpaired) electrons. The van der Waals surface area contributed by atoms with Gasteiger partial charge in [0.15, 0.2) is 0 Å². The first-order chi connectivity index (χ1) is 5.73. The van der Waals surface area contributed by atoms with Crippen LogP contribution >= 0.6 is 0 Å². The van der Waals surface area contributed by atoms with E-state index in [1.165, 1.54) is 0 Å². The molecular weight excluding hydrogens is 156 g/mol. The van der Waals surface area contributed by atoms with E-state index in [4.69, 9.17) is 9.84 Å². The molecule has 1 atom stereocenters. The number of ether oxygens (including phenoxy) is 1. The highest BCUT2D eigenvalue weighted by molar-refractivity contribution is 5.77. The maximum Gasteiger partial charge on any atom is 0.309 e. The second-order valence-electron chi connectivity index (χ2n) is 3.92. The minimum Gasteiger partial charge on any atom is -0.481 e. The van der Waals surface area contributed by atoms with Crippen LogP contribution in [0.5, 0.6) is 0 Å². The second kappa shape index (κ2) is 2.73. The summed E-state index contributed by atoms with van der Waals surface area (Å²) < 4.78 is 5.42. The van der Waals surface area contributed by atoms with Crippen LogP contribution in [-0.4, -0.2) is 23.8 Å². The van der Waals surface area contributed by atoms with Crippen molar-refractivity contribution in [2.75, 3.05) is 6.61 Å². The minimum atomic E-state index is -0.627. The van der Waals surface area contributed by atoms with E-state index in [2.05, 4.69) is 0 Å². The average molecular weight is 170 g/mol. The summed E-state index contributed by atoms with van der Waals surface area (Å²) in [5.74, 6) is -0.627. The maximum absolute atomic E-state index is 10.8. The topological polar surface area (TPSA) is 46.5 Å². The lowest BCUT2D eigenvalue weighted by Gasteiger charge is -2.14. The zero-order valence-electron chi connectivity index (χ0n) is 7.08. The largest absolute Gasteiger partial charge is 0.481 e. The molecule has 2 rings (SSSR count). The van der Waals surface area contributed by atoms with E-state index in [-0.39, 0.29) is 6.10 Å². The van der Waals surface area contributed by atoms with Crippen molar-refractivity contribution in [3.8, 4) is 0 Å². The number of aliphatic carboxylic acids is 1. The summed E-state index contributed by atoms with van der Waals surface area (Å²) in [5.41, 5.74) is -0.394. The zero-order valence-corrected chi connectivity index (χ0v) is 7.08. The van der Waals surface area contributed by atoms with Gasteiger partial charge in [-0.05, 0) is 32.1 Å². The Morgan fingerprint density at radius 2 is 2.33 bits per heavy atom. The third kappa shape index (κ3) is 1.33. The van der Waals surface area contributed by atoms with Crippen molar-refractivity contribution in [1.82, 2.24) is 0 Å². The molecule has 0 aromatic heterocycles. The fourth-order valence-corrected chi connectivity index (χ4v) is 1.90. The van der Waals surface area contributed by atoms with Gasteiger partial charge < -0.3 is 9.84 Å². The Labute approximate surface area is 71.7 Å². The number of rotatable bonds is 3. The summed E-state index contributed by atoms with van der Waals surface area (Å²) in [5, 5.41) is 8.91. The van der Waals surface area contributed by atoms with Crippen LogP contribution in [0, 0.1) is 5.41 Å². The molecule has 1 aliphatic carbocycles. The van der Waals surface area contributed by atoms with Crippen molar-refractivity contribution < 1.29 is 14.6 Å². The average Bonchev–Trinajstić information content (AvgIpc) is 2.60. The van der Waals surface area contributed by atoms with Gasteiger partial charge >= 0.3 is 5.97 Å². The van der Waals surface area contributed by atoms with E-state index in [1.807, 2.05) is 0 Å². The molecule has 1 N–H and O–H groups in total. The summed E-state index contributed by atoms with van der Waals surface area (Å²) >= 11 is 0. The van der Waals surface area contributed by atoms with Crippen LogP contribution in [0.15, 0.2) is 0 Å². The molecule has 68 valence electrons. The smallest absolute Gasteiger partial charge is 0.309 e. The number of hydrogen-bond acceptors (Lipinski definition) is 2. The van der Waals surface area contributed by atoms with Crippen LogP contribution in [0.3, 0.4) is 0 Å². The molecular formula is C9H14O3. The van der Waals surface area contributed by atoms with Crippen LogP contribution in [0.25, 0.3) is 0 Å². The summed E-state index contributed by atoms with van der Waals surface area (Å²) in [6.45, 7) is 0.820. The molecule has 0 spiro atoms. The van der Waals surface area contributed by atoms with E-state index >= 15 is 0 Å². The molecule has 2 aliphatic rings. The lowest BCUT2D eigenvalue weighted by Crippen LogP contribution is -2.21. The second-order valence-corrected chi connectivity index (χ2v) is 3.92. The number of carbonyl (C=O) groups is 1. The molecule has 1 heterocycles. The van der Waals surface area contributed by atoms with Gasteiger partial charge in [0.05, 0.1) is 11.5 Å². The summed E-state index contributed by atoms with van der Waals surface area (Å²) in [7, 11) is 0. The van der Waals surface area contributed by atoms with Gasteiger partial charge in [-0.15, -0.1) is 0 Å². The molecule has 0 aromatic carbocycles. The molecule has 0 bridgehead atoms. The van der Waals surface area contributed by atoms with Gasteiger partial charge in [-0.1, -0.05) is 0 Å². The first-order valence-electron chi connectivity index (χ1n) is 4.58. The molecule has 3 heteroatoms. The van der Waals surface area contributed by atoms with E-state index in [0.717, 1.165) is 38.7 Å². The molecule has 0 aromatic rings. The van der Waals surface area contributed by atoms with Gasteiger partial charge in [0.25, 0.3) is 0 Å². The lowest BCUT2D eigenvalue weighted by molar-refractivity contribution is -0.144. The quantitative estimate of drug-likeness (QED) is 0.696. The normalized spacial score (nSPS) is 31.8. The summed E-state index contributed by atoms with van der Waals surface area (Å²) in [6, 6.07) is 0. The molecule has 12 heavy (non-hydrogen) atoms. The molecule has 1 saturated heterocycles.